The number of phenols is 2. The van der Waals surface area contributed by atoms with Crippen molar-refractivity contribution in [2.75, 3.05) is 93.5 Å². The van der Waals surface area contributed by atoms with Gasteiger partial charge in [-0.05, 0) is 96.8 Å². The van der Waals surface area contributed by atoms with Gasteiger partial charge in [-0.1, -0.05) is 26.0 Å². The lowest BCUT2D eigenvalue weighted by Gasteiger charge is -2.36. The van der Waals surface area contributed by atoms with Gasteiger partial charge in [0.2, 0.25) is 21.9 Å². The first-order valence-corrected chi connectivity index (χ1v) is 25.3. The van der Waals surface area contributed by atoms with Crippen LogP contribution in [0.2, 0.25) is 0 Å². The number of hydrogen-bond acceptors (Lipinski definition) is 15. The number of nitrogens with one attached hydrogen (secondary N) is 4. The van der Waals surface area contributed by atoms with Crippen LogP contribution in [0, 0.1) is 0 Å². The summed E-state index contributed by atoms with van der Waals surface area (Å²) < 4.78 is 46.5. The van der Waals surface area contributed by atoms with Crippen LogP contribution in [-0.2, 0) is 24.3 Å². The van der Waals surface area contributed by atoms with E-state index in [1.165, 1.54) is 10.6 Å². The summed E-state index contributed by atoms with van der Waals surface area (Å²) in [6.45, 7) is 10.9. The number of rotatable bonds is 23. The van der Waals surface area contributed by atoms with Crippen LogP contribution < -0.4 is 30.7 Å². The van der Waals surface area contributed by atoms with Gasteiger partial charge in [-0.15, -0.1) is 5.10 Å². The van der Waals surface area contributed by atoms with E-state index in [1.807, 2.05) is 44.2 Å². The molecule has 0 spiro atoms. The Morgan fingerprint density at radius 2 is 1.58 bits per heavy atom. The molecule has 7 aromatic rings. The summed E-state index contributed by atoms with van der Waals surface area (Å²) in [6.07, 6.45) is 3.70. The molecule has 374 valence electrons. The van der Waals surface area contributed by atoms with Gasteiger partial charge >= 0.3 is 5.69 Å². The molecule has 1 amide bonds. The molecule has 0 saturated carbocycles. The van der Waals surface area contributed by atoms with Gasteiger partial charge in [0.15, 0.2) is 5.82 Å². The molecule has 0 bridgehead atoms. The molecule has 1 fully saturated rings. The van der Waals surface area contributed by atoms with Crippen molar-refractivity contribution in [2.45, 2.75) is 32.6 Å². The molecule has 8 rings (SSSR count). The predicted molar refractivity (Wildman–Crippen MR) is 272 cm³/mol. The molecule has 71 heavy (non-hydrogen) atoms. The normalized spacial score (nSPS) is 13.2. The van der Waals surface area contributed by atoms with Gasteiger partial charge in [0.1, 0.15) is 17.2 Å². The first-order chi connectivity index (χ1) is 34.3. The van der Waals surface area contributed by atoms with Crippen LogP contribution in [0.5, 0.6) is 17.2 Å². The SMILES string of the molecule is CC(C)c1cc(-c2n[nH]c(=O)n2-c2ccc(OCCCNC(=O)CCOCCOCCN3CCN(c4ccc(Nc5ncc6ccc(-c7cccc(NS(C)(=O)=O)c7)n6n5)cc4)CC3)cc2)c(O)cc1O. The van der Waals surface area contributed by atoms with E-state index in [2.05, 4.69) is 52.5 Å². The third-order valence-corrected chi connectivity index (χ3v) is 12.4. The van der Waals surface area contributed by atoms with E-state index in [0.717, 1.165) is 67.1 Å². The molecule has 0 aliphatic carbocycles. The molecule has 21 heteroatoms. The van der Waals surface area contributed by atoms with Gasteiger partial charge in [-0.3, -0.25) is 14.4 Å². The van der Waals surface area contributed by atoms with E-state index in [0.29, 0.717) is 80.2 Å². The number of amides is 1. The van der Waals surface area contributed by atoms with Crippen LogP contribution in [0.3, 0.4) is 0 Å². The number of phenolic OH excluding ortho intramolecular Hbond substituents is 2. The Labute approximate surface area is 411 Å². The van der Waals surface area contributed by atoms with Crippen LogP contribution in [-0.4, -0.2) is 137 Å². The first-order valence-electron chi connectivity index (χ1n) is 23.4. The van der Waals surface area contributed by atoms with E-state index in [4.69, 9.17) is 19.3 Å². The lowest BCUT2D eigenvalue weighted by Crippen LogP contribution is -2.47. The third-order valence-electron chi connectivity index (χ3n) is 11.8. The average Bonchev–Trinajstić information content (AvgIpc) is 3.95. The minimum atomic E-state index is -3.41. The van der Waals surface area contributed by atoms with Crippen molar-refractivity contribution in [3.05, 3.63) is 119 Å². The first kappa shape index (κ1) is 49.9. The molecular formula is C50H59N11O9S. The Morgan fingerprint density at radius 1 is 0.831 bits per heavy atom. The molecule has 4 heterocycles. The van der Waals surface area contributed by atoms with E-state index in [1.54, 1.807) is 59.2 Å². The molecule has 3 aromatic heterocycles. The average molecular weight is 990 g/mol. The summed E-state index contributed by atoms with van der Waals surface area (Å²) in [5.41, 5.74) is 5.83. The number of H-pyrrole nitrogens is 1. The highest BCUT2D eigenvalue weighted by atomic mass is 32.2. The zero-order valence-electron chi connectivity index (χ0n) is 39.9. The number of hydrogen-bond donors (Lipinski definition) is 6. The zero-order valence-corrected chi connectivity index (χ0v) is 40.7. The van der Waals surface area contributed by atoms with Crippen molar-refractivity contribution >= 4 is 44.5 Å². The highest BCUT2D eigenvalue weighted by molar-refractivity contribution is 7.92. The van der Waals surface area contributed by atoms with Crippen LogP contribution in [0.15, 0.2) is 108 Å². The van der Waals surface area contributed by atoms with E-state index in [-0.39, 0.29) is 35.6 Å². The number of aromatic hydroxyl groups is 2. The zero-order chi connectivity index (χ0) is 49.9. The number of aromatic amines is 1. The minimum Gasteiger partial charge on any atom is -0.508 e. The third kappa shape index (κ3) is 13.2. The maximum atomic E-state index is 12.7. The second-order valence-electron chi connectivity index (χ2n) is 17.4. The lowest BCUT2D eigenvalue weighted by atomic mass is 9.98. The number of fused-ring (bicyclic) bond motifs is 1. The van der Waals surface area contributed by atoms with E-state index >= 15 is 0 Å². The van der Waals surface area contributed by atoms with Crippen LogP contribution in [0.25, 0.3) is 33.8 Å². The van der Waals surface area contributed by atoms with Gasteiger partial charge in [-0.2, -0.15) is 5.10 Å². The fourth-order valence-electron chi connectivity index (χ4n) is 8.15. The standard InChI is InChI=1S/C50H59N11O9S/c1-34(2)42-31-43(46(63)32-45(42)62)48-54-55-50(65)60(48)39-12-15-41(16-13-39)70-25-5-19-51-47(64)18-26-68-28-29-69-27-24-58-20-22-59(23-21-58)38-10-8-36(9-11-38)53-49-52-33-40-14-17-44(61(40)56-49)35-6-4-7-37(30-35)57-71(3,66)67/h4,6-17,30-34,57,62-63H,5,18-29H2,1-3H3,(H,51,64)(H,53,56)(H,55,65). The number of sulfonamides is 1. The number of carbonyl (C=O) groups excluding carboxylic acids is 1. The summed E-state index contributed by atoms with van der Waals surface area (Å²) in [4.78, 5) is 34.3. The summed E-state index contributed by atoms with van der Waals surface area (Å²) >= 11 is 0. The van der Waals surface area contributed by atoms with Gasteiger partial charge in [0.25, 0.3) is 0 Å². The summed E-state index contributed by atoms with van der Waals surface area (Å²) in [5, 5.41) is 38.3. The second kappa shape index (κ2) is 23.0. The number of benzene rings is 4. The lowest BCUT2D eigenvalue weighted by molar-refractivity contribution is -0.122. The number of aromatic nitrogens is 6. The Hall–Kier alpha value is -7.46. The van der Waals surface area contributed by atoms with Crippen LogP contribution in [0.4, 0.5) is 23.0 Å². The van der Waals surface area contributed by atoms with Crippen molar-refractivity contribution in [1.82, 2.24) is 39.6 Å². The number of nitrogens with zero attached hydrogens (tertiary/aromatic N) is 7. The number of carbonyl (C=O) groups is 1. The fourth-order valence-corrected chi connectivity index (χ4v) is 8.71. The van der Waals surface area contributed by atoms with Crippen LogP contribution >= 0.6 is 0 Å². The molecule has 4 aromatic carbocycles. The van der Waals surface area contributed by atoms with Gasteiger partial charge < -0.3 is 40.0 Å². The number of anilines is 4. The molecule has 0 atom stereocenters. The summed E-state index contributed by atoms with van der Waals surface area (Å²) in [5.74, 6) is 0.870. The molecule has 0 radical (unpaired) electrons. The smallest absolute Gasteiger partial charge is 0.348 e. The fraction of sp³-hybridized carbons (Fsp3) is 0.340. The van der Waals surface area contributed by atoms with Crippen molar-refractivity contribution in [2.24, 2.45) is 0 Å². The quantitative estimate of drug-likeness (QED) is 0.0420. The largest absolute Gasteiger partial charge is 0.508 e. The number of ether oxygens (including phenoxy) is 3. The highest BCUT2D eigenvalue weighted by Crippen LogP contribution is 2.37. The van der Waals surface area contributed by atoms with E-state index < -0.39 is 15.7 Å². The molecule has 20 nitrogen and oxygen atoms in total. The maximum absolute atomic E-state index is 12.7. The Kier molecular flexibility index (Phi) is 16.2. The van der Waals surface area contributed by atoms with E-state index in [9.17, 15) is 28.2 Å². The van der Waals surface area contributed by atoms with Gasteiger partial charge in [-0.25, -0.2) is 32.4 Å². The highest BCUT2D eigenvalue weighted by Gasteiger charge is 2.21. The minimum absolute atomic E-state index is 0.0183. The van der Waals surface area contributed by atoms with Gasteiger partial charge in [0.05, 0.1) is 67.9 Å². The topological polar surface area (TPSA) is 243 Å². The molecule has 1 saturated heterocycles. The summed E-state index contributed by atoms with van der Waals surface area (Å²) in [7, 11) is -3.41. The monoisotopic (exact) mass is 989 g/mol. The van der Waals surface area contributed by atoms with Crippen molar-refractivity contribution in [3.8, 4) is 45.6 Å². The Morgan fingerprint density at radius 3 is 2.32 bits per heavy atom. The van der Waals surface area contributed by atoms with Crippen LogP contribution in [0.1, 0.15) is 38.2 Å². The molecule has 6 N–H and O–H groups in total. The van der Waals surface area contributed by atoms with Crippen molar-refractivity contribution in [1.29, 1.82) is 0 Å². The molecule has 1 aliphatic rings. The number of piperazine rings is 1. The van der Waals surface area contributed by atoms with Crippen molar-refractivity contribution < 1.29 is 37.6 Å². The molecular weight excluding hydrogens is 931 g/mol. The second-order valence-corrected chi connectivity index (χ2v) is 19.1. The van der Waals surface area contributed by atoms with Gasteiger partial charge in [0, 0.05) is 74.4 Å². The molecule has 1 aliphatic heterocycles. The molecule has 0 unspecified atom stereocenters. The maximum Gasteiger partial charge on any atom is 0.348 e. The Bertz CT molecular complexity index is 3080. The summed E-state index contributed by atoms with van der Waals surface area (Å²) in [6, 6.07) is 29.0. The predicted octanol–water partition coefficient (Wildman–Crippen LogP) is 5.72. The van der Waals surface area contributed by atoms with Crippen molar-refractivity contribution in [3.63, 3.8) is 0 Å². The Balaban J connectivity index is 0.663.